The molecule has 0 bridgehead atoms. The molecule has 0 saturated heterocycles. The Morgan fingerprint density at radius 2 is 1.90 bits per heavy atom. The Bertz CT molecular complexity index is 780. The van der Waals surface area contributed by atoms with Crippen LogP contribution in [0.3, 0.4) is 0 Å². The van der Waals surface area contributed by atoms with E-state index < -0.39 is 0 Å². The highest BCUT2D eigenvalue weighted by molar-refractivity contribution is 6.30. The minimum absolute atomic E-state index is 0.0701. The lowest BCUT2D eigenvalue weighted by atomic mass is 10.1. The Balaban J connectivity index is 2.10. The van der Waals surface area contributed by atoms with E-state index in [0.717, 1.165) is 27.4 Å². The number of halogens is 1. The number of benzene rings is 2. The lowest BCUT2D eigenvalue weighted by Crippen LogP contribution is -2.10. The highest BCUT2D eigenvalue weighted by Gasteiger charge is 2.16. The highest BCUT2D eigenvalue weighted by Crippen LogP contribution is 2.29. The zero-order chi connectivity index (χ0) is 15.0. The van der Waals surface area contributed by atoms with Crippen molar-refractivity contribution in [2.45, 2.75) is 13.0 Å². The number of aromatic nitrogens is 2. The second-order valence-corrected chi connectivity index (χ2v) is 5.36. The van der Waals surface area contributed by atoms with Gasteiger partial charge in [-0.05, 0) is 36.8 Å². The molecule has 0 aliphatic heterocycles. The van der Waals surface area contributed by atoms with Crippen molar-refractivity contribution >= 4 is 28.6 Å². The van der Waals surface area contributed by atoms with Crippen LogP contribution >= 0.6 is 11.6 Å². The van der Waals surface area contributed by atoms with E-state index in [9.17, 15) is 0 Å². The number of rotatable bonds is 3. The van der Waals surface area contributed by atoms with E-state index in [1.807, 2.05) is 47.0 Å². The van der Waals surface area contributed by atoms with Gasteiger partial charge in [-0.25, -0.2) is 4.98 Å². The Kier molecular flexibility index (Phi) is 3.47. The number of methoxy groups -OCH3 is 1. The van der Waals surface area contributed by atoms with Crippen LogP contribution in [-0.4, -0.2) is 16.7 Å². The molecule has 1 aromatic heterocycles. The Morgan fingerprint density at radius 1 is 1.19 bits per heavy atom. The Morgan fingerprint density at radius 3 is 2.57 bits per heavy atom. The minimum atomic E-state index is 0.0701. The van der Waals surface area contributed by atoms with Crippen LogP contribution < -0.4 is 10.5 Å². The zero-order valence-corrected chi connectivity index (χ0v) is 12.6. The maximum absolute atomic E-state index is 6.10. The van der Waals surface area contributed by atoms with E-state index in [1.54, 1.807) is 7.11 Å². The topological polar surface area (TPSA) is 53.1 Å². The summed E-state index contributed by atoms with van der Waals surface area (Å²) in [5.74, 6) is 1.26. The zero-order valence-electron chi connectivity index (χ0n) is 11.9. The summed E-state index contributed by atoms with van der Waals surface area (Å²) in [7, 11) is 1.64. The Labute approximate surface area is 128 Å². The third kappa shape index (κ3) is 2.43. The van der Waals surface area contributed by atoms with Crippen LogP contribution in [0.2, 0.25) is 5.02 Å². The number of nitrogens with two attached hydrogens (primary N) is 1. The third-order valence-electron chi connectivity index (χ3n) is 3.66. The molecule has 2 N–H and O–H groups in total. The first-order valence-corrected chi connectivity index (χ1v) is 7.05. The summed E-state index contributed by atoms with van der Waals surface area (Å²) in [5, 5.41) is 0.721. The molecule has 1 heterocycles. The molecule has 0 saturated carbocycles. The number of imidazole rings is 1. The molecule has 3 aromatic rings. The van der Waals surface area contributed by atoms with Crippen molar-refractivity contribution in [1.82, 2.24) is 9.55 Å². The third-order valence-corrected chi connectivity index (χ3v) is 3.92. The standard InChI is InChI=1S/C16H16ClN3O/c1-10(11-3-5-12(17)6-4-11)20-15-8-7-13(21-2)9-14(15)19-16(20)18/h3-10H,1-2H3,(H2,18,19). The van der Waals surface area contributed by atoms with Gasteiger partial charge in [-0.1, -0.05) is 23.7 Å². The van der Waals surface area contributed by atoms with Crippen molar-refractivity contribution in [3.8, 4) is 5.75 Å². The fourth-order valence-corrected chi connectivity index (χ4v) is 2.65. The summed E-state index contributed by atoms with van der Waals surface area (Å²) in [5.41, 5.74) is 9.03. The summed E-state index contributed by atoms with van der Waals surface area (Å²) in [6.45, 7) is 2.09. The van der Waals surface area contributed by atoms with E-state index in [1.165, 1.54) is 0 Å². The number of hydrogen-bond acceptors (Lipinski definition) is 3. The van der Waals surface area contributed by atoms with Gasteiger partial charge in [0.05, 0.1) is 24.2 Å². The molecular formula is C16H16ClN3O. The maximum atomic E-state index is 6.10. The fourth-order valence-electron chi connectivity index (χ4n) is 2.52. The summed E-state index contributed by atoms with van der Waals surface area (Å²) in [6, 6.07) is 13.6. The fraction of sp³-hybridized carbons (Fsp3) is 0.188. The summed E-state index contributed by atoms with van der Waals surface area (Å²) in [6.07, 6.45) is 0. The first kappa shape index (κ1) is 13.8. The molecule has 1 atom stereocenters. The minimum Gasteiger partial charge on any atom is -0.497 e. The second-order valence-electron chi connectivity index (χ2n) is 4.92. The van der Waals surface area contributed by atoms with E-state index in [0.29, 0.717) is 5.95 Å². The highest BCUT2D eigenvalue weighted by atomic mass is 35.5. The second kappa shape index (κ2) is 5.30. The lowest BCUT2D eigenvalue weighted by Gasteiger charge is -2.16. The van der Waals surface area contributed by atoms with E-state index in [4.69, 9.17) is 22.1 Å². The predicted molar refractivity (Wildman–Crippen MR) is 86.0 cm³/mol. The van der Waals surface area contributed by atoms with E-state index >= 15 is 0 Å². The van der Waals surface area contributed by atoms with Crippen molar-refractivity contribution < 1.29 is 4.74 Å². The smallest absolute Gasteiger partial charge is 0.201 e. The number of ether oxygens (including phenoxy) is 1. The van der Waals surface area contributed by atoms with Gasteiger partial charge in [0.15, 0.2) is 0 Å². The molecule has 4 nitrogen and oxygen atoms in total. The van der Waals surface area contributed by atoms with Crippen LogP contribution in [0.25, 0.3) is 11.0 Å². The first-order valence-electron chi connectivity index (χ1n) is 6.67. The van der Waals surface area contributed by atoms with Crippen molar-refractivity contribution in [2.75, 3.05) is 12.8 Å². The van der Waals surface area contributed by atoms with Crippen molar-refractivity contribution in [2.24, 2.45) is 0 Å². The molecule has 0 amide bonds. The molecule has 3 rings (SSSR count). The molecule has 0 fully saturated rings. The average Bonchev–Trinajstić information content (AvgIpc) is 2.82. The van der Waals surface area contributed by atoms with Gasteiger partial charge >= 0.3 is 0 Å². The van der Waals surface area contributed by atoms with Gasteiger partial charge in [0.1, 0.15) is 5.75 Å². The van der Waals surface area contributed by atoms with Crippen LogP contribution in [-0.2, 0) is 0 Å². The predicted octanol–water partition coefficient (Wildman–Crippen LogP) is 3.89. The van der Waals surface area contributed by atoms with Crippen LogP contribution in [0.1, 0.15) is 18.5 Å². The molecule has 108 valence electrons. The van der Waals surface area contributed by atoms with Gasteiger partial charge in [0.25, 0.3) is 0 Å². The molecule has 0 aliphatic rings. The SMILES string of the molecule is COc1ccc2c(c1)nc(N)n2C(C)c1ccc(Cl)cc1. The Hall–Kier alpha value is -2.20. The van der Waals surface area contributed by atoms with Gasteiger partial charge < -0.3 is 15.0 Å². The van der Waals surface area contributed by atoms with Gasteiger partial charge in [-0.3, -0.25) is 0 Å². The van der Waals surface area contributed by atoms with Crippen LogP contribution in [0.4, 0.5) is 5.95 Å². The molecule has 0 aliphatic carbocycles. The summed E-state index contributed by atoms with van der Waals surface area (Å²) in [4.78, 5) is 4.42. The molecule has 0 radical (unpaired) electrons. The van der Waals surface area contributed by atoms with Crippen molar-refractivity contribution in [3.63, 3.8) is 0 Å². The van der Waals surface area contributed by atoms with Crippen LogP contribution in [0.15, 0.2) is 42.5 Å². The molecule has 2 aromatic carbocycles. The van der Waals surface area contributed by atoms with Crippen LogP contribution in [0.5, 0.6) is 5.75 Å². The van der Waals surface area contributed by atoms with Gasteiger partial charge in [0.2, 0.25) is 5.95 Å². The normalized spacial score (nSPS) is 12.5. The van der Waals surface area contributed by atoms with Crippen LogP contribution in [0, 0.1) is 0 Å². The molecule has 5 heteroatoms. The number of anilines is 1. The summed E-state index contributed by atoms with van der Waals surface area (Å²) >= 11 is 5.94. The number of hydrogen-bond donors (Lipinski definition) is 1. The quantitative estimate of drug-likeness (QED) is 0.798. The average molecular weight is 302 g/mol. The molecule has 0 spiro atoms. The molecular weight excluding hydrogens is 286 g/mol. The first-order chi connectivity index (χ1) is 10.1. The molecule has 1 unspecified atom stereocenters. The van der Waals surface area contributed by atoms with Crippen molar-refractivity contribution in [1.29, 1.82) is 0 Å². The maximum Gasteiger partial charge on any atom is 0.201 e. The van der Waals surface area contributed by atoms with Crippen molar-refractivity contribution in [3.05, 3.63) is 53.1 Å². The van der Waals surface area contributed by atoms with Gasteiger partial charge in [-0.15, -0.1) is 0 Å². The van der Waals surface area contributed by atoms with Gasteiger partial charge in [0, 0.05) is 11.1 Å². The van der Waals surface area contributed by atoms with E-state index in [2.05, 4.69) is 11.9 Å². The number of fused-ring (bicyclic) bond motifs is 1. The number of nitrogen functional groups attached to an aromatic ring is 1. The molecule has 21 heavy (non-hydrogen) atoms. The monoisotopic (exact) mass is 301 g/mol. The largest absolute Gasteiger partial charge is 0.497 e. The number of nitrogens with zero attached hydrogens (tertiary/aromatic N) is 2. The van der Waals surface area contributed by atoms with E-state index in [-0.39, 0.29) is 6.04 Å². The van der Waals surface area contributed by atoms with Gasteiger partial charge in [-0.2, -0.15) is 0 Å². The lowest BCUT2D eigenvalue weighted by molar-refractivity contribution is 0.415. The summed E-state index contributed by atoms with van der Waals surface area (Å²) < 4.78 is 7.24.